The van der Waals surface area contributed by atoms with Gasteiger partial charge in [-0.2, -0.15) is 9.97 Å². The summed E-state index contributed by atoms with van der Waals surface area (Å²) in [5.41, 5.74) is 12.7. The Morgan fingerprint density at radius 3 is 1.66 bits per heavy atom. The summed E-state index contributed by atoms with van der Waals surface area (Å²) in [4.78, 5) is 15.9. The lowest BCUT2D eigenvalue weighted by molar-refractivity contribution is 0.437. The van der Waals surface area contributed by atoms with Gasteiger partial charge in [0.05, 0.1) is 16.4 Å². The second kappa shape index (κ2) is 12.9. The maximum atomic E-state index is 7.00. The standard InChI is InChI=1S/C56H34N4O/c1-3-15-35(16-4-1)36-27-29-39(30-28-36)54-57-53(38-18-5-2-6-19-38)58-55(59-54)60-49-34-48-51(33-44(49)43-32-31-37-17-7-8-20-40(37)52(43)60)61-50-26-14-13-25-47(50)56(48)45-23-11-9-21-41(45)42-22-10-12-24-46(42)56/h1-34H. The van der Waals surface area contributed by atoms with Gasteiger partial charge in [0.1, 0.15) is 11.5 Å². The van der Waals surface area contributed by atoms with Crippen LogP contribution < -0.4 is 4.74 Å². The van der Waals surface area contributed by atoms with E-state index in [9.17, 15) is 0 Å². The van der Waals surface area contributed by atoms with Gasteiger partial charge < -0.3 is 4.74 Å². The number of nitrogens with zero attached hydrogens (tertiary/aromatic N) is 4. The van der Waals surface area contributed by atoms with Crippen molar-refractivity contribution in [1.82, 2.24) is 19.5 Å². The molecule has 0 amide bonds. The van der Waals surface area contributed by atoms with Crippen molar-refractivity contribution in [2.24, 2.45) is 0 Å². The Morgan fingerprint density at radius 2 is 0.934 bits per heavy atom. The highest BCUT2D eigenvalue weighted by Crippen LogP contribution is 2.62. The Kier molecular flexibility index (Phi) is 7.16. The van der Waals surface area contributed by atoms with Gasteiger partial charge in [-0.1, -0.05) is 188 Å². The number of para-hydroxylation sites is 1. The van der Waals surface area contributed by atoms with Gasteiger partial charge in [-0.05, 0) is 57.0 Å². The lowest BCUT2D eigenvalue weighted by Crippen LogP contribution is -2.32. The highest BCUT2D eigenvalue weighted by molar-refractivity contribution is 6.19. The highest BCUT2D eigenvalue weighted by atomic mass is 16.5. The molecule has 0 radical (unpaired) electrons. The number of rotatable bonds is 4. The first kappa shape index (κ1) is 33.8. The van der Waals surface area contributed by atoms with Crippen LogP contribution >= 0.6 is 0 Å². The van der Waals surface area contributed by atoms with Crippen LogP contribution in [-0.2, 0) is 5.41 Å². The average molecular weight is 779 g/mol. The van der Waals surface area contributed by atoms with E-state index < -0.39 is 5.41 Å². The van der Waals surface area contributed by atoms with Crippen molar-refractivity contribution >= 4 is 32.6 Å². The molecule has 1 aliphatic carbocycles. The fraction of sp³-hybridized carbons (Fsp3) is 0.0179. The number of hydrogen-bond acceptors (Lipinski definition) is 4. The van der Waals surface area contributed by atoms with Crippen LogP contribution in [0, 0.1) is 0 Å². The quantitative estimate of drug-likeness (QED) is 0.179. The zero-order valence-corrected chi connectivity index (χ0v) is 32.8. The molecule has 284 valence electrons. The van der Waals surface area contributed by atoms with Crippen molar-refractivity contribution in [1.29, 1.82) is 0 Å². The molecule has 0 bridgehead atoms. The molecule has 13 rings (SSSR count). The molecule has 5 nitrogen and oxygen atoms in total. The van der Waals surface area contributed by atoms with Crippen LogP contribution in [0.1, 0.15) is 22.3 Å². The molecule has 2 aromatic heterocycles. The molecule has 61 heavy (non-hydrogen) atoms. The summed E-state index contributed by atoms with van der Waals surface area (Å²) in [6.07, 6.45) is 0. The van der Waals surface area contributed by atoms with E-state index in [0.717, 1.165) is 77.5 Å². The summed E-state index contributed by atoms with van der Waals surface area (Å²) in [6.45, 7) is 0. The largest absolute Gasteiger partial charge is 0.457 e. The maximum Gasteiger partial charge on any atom is 0.238 e. The van der Waals surface area contributed by atoms with Crippen LogP contribution in [0.5, 0.6) is 11.5 Å². The van der Waals surface area contributed by atoms with E-state index >= 15 is 0 Å². The molecular formula is C56H34N4O. The van der Waals surface area contributed by atoms with Crippen molar-refractivity contribution in [2.75, 3.05) is 0 Å². The first-order valence-electron chi connectivity index (χ1n) is 20.7. The van der Waals surface area contributed by atoms with E-state index in [4.69, 9.17) is 19.7 Å². The minimum Gasteiger partial charge on any atom is -0.457 e. The van der Waals surface area contributed by atoms with E-state index in [2.05, 4.69) is 187 Å². The summed E-state index contributed by atoms with van der Waals surface area (Å²) >= 11 is 0. The fourth-order valence-corrected chi connectivity index (χ4v) is 10.1. The smallest absolute Gasteiger partial charge is 0.238 e. The van der Waals surface area contributed by atoms with Gasteiger partial charge in [0.15, 0.2) is 11.6 Å². The lowest BCUT2D eigenvalue weighted by atomic mass is 9.66. The Morgan fingerprint density at radius 1 is 0.377 bits per heavy atom. The van der Waals surface area contributed by atoms with Crippen molar-refractivity contribution in [3.63, 3.8) is 0 Å². The van der Waals surface area contributed by atoms with Crippen molar-refractivity contribution < 1.29 is 4.74 Å². The molecule has 0 unspecified atom stereocenters. The first-order valence-corrected chi connectivity index (χ1v) is 20.7. The summed E-state index contributed by atoms with van der Waals surface area (Å²) in [5, 5.41) is 4.40. The molecule has 3 heterocycles. The number of aromatic nitrogens is 4. The Bertz CT molecular complexity index is 3510. The van der Waals surface area contributed by atoms with Crippen LogP contribution in [-0.4, -0.2) is 19.5 Å². The first-order chi connectivity index (χ1) is 30.2. The maximum absolute atomic E-state index is 7.00. The molecule has 1 aliphatic heterocycles. The minimum atomic E-state index is -0.630. The molecular weight excluding hydrogens is 745 g/mol. The number of fused-ring (bicyclic) bond motifs is 14. The predicted octanol–water partition coefficient (Wildman–Crippen LogP) is 13.6. The Hall–Kier alpha value is -8.15. The third kappa shape index (κ3) is 4.86. The van der Waals surface area contributed by atoms with Crippen molar-refractivity contribution in [3.8, 4) is 62.5 Å². The van der Waals surface area contributed by atoms with E-state index in [1.807, 2.05) is 24.3 Å². The van der Waals surface area contributed by atoms with E-state index in [0.29, 0.717) is 17.6 Å². The number of hydrogen-bond donors (Lipinski definition) is 0. The summed E-state index contributed by atoms with van der Waals surface area (Å²) < 4.78 is 9.27. The molecule has 9 aromatic carbocycles. The summed E-state index contributed by atoms with van der Waals surface area (Å²) in [5.74, 6) is 3.45. The van der Waals surface area contributed by atoms with Crippen LogP contribution in [0.3, 0.4) is 0 Å². The predicted molar refractivity (Wildman–Crippen MR) is 245 cm³/mol. The van der Waals surface area contributed by atoms with Crippen LogP contribution in [0.25, 0.3) is 83.6 Å². The highest BCUT2D eigenvalue weighted by Gasteiger charge is 2.51. The van der Waals surface area contributed by atoms with Crippen LogP contribution in [0.4, 0.5) is 0 Å². The van der Waals surface area contributed by atoms with Crippen LogP contribution in [0.2, 0.25) is 0 Å². The monoisotopic (exact) mass is 778 g/mol. The molecule has 2 aliphatic rings. The third-order valence-corrected chi connectivity index (χ3v) is 12.7. The molecule has 0 atom stereocenters. The van der Waals surface area contributed by atoms with Gasteiger partial charge in [-0.15, -0.1) is 0 Å². The van der Waals surface area contributed by atoms with Gasteiger partial charge in [0.2, 0.25) is 5.95 Å². The SMILES string of the molecule is c1ccc(-c2ccc(-c3nc(-c4ccccc4)nc(-n4c5cc6c(cc5c5ccc7ccccc7c54)Oc4ccccc4C64c5ccccc5-c5ccccc54)n3)cc2)cc1. The Balaban J connectivity index is 1.14. The van der Waals surface area contributed by atoms with Gasteiger partial charge in [-0.3, -0.25) is 4.57 Å². The zero-order valence-electron chi connectivity index (χ0n) is 32.8. The van der Waals surface area contributed by atoms with Crippen molar-refractivity contribution in [3.05, 3.63) is 229 Å². The van der Waals surface area contributed by atoms with Crippen LogP contribution in [0.15, 0.2) is 206 Å². The normalized spacial score (nSPS) is 13.2. The lowest BCUT2D eigenvalue weighted by Gasteiger charge is -2.39. The number of benzene rings is 9. The fourth-order valence-electron chi connectivity index (χ4n) is 10.1. The molecule has 0 fully saturated rings. The van der Waals surface area contributed by atoms with Gasteiger partial charge >= 0.3 is 0 Å². The molecule has 11 aromatic rings. The van der Waals surface area contributed by atoms with Gasteiger partial charge in [0.25, 0.3) is 0 Å². The van der Waals surface area contributed by atoms with E-state index in [-0.39, 0.29) is 0 Å². The second-order valence-corrected chi connectivity index (χ2v) is 15.9. The third-order valence-electron chi connectivity index (χ3n) is 12.7. The number of ether oxygens (including phenoxy) is 1. The Labute approximate surface area is 351 Å². The summed E-state index contributed by atoms with van der Waals surface area (Å²) in [7, 11) is 0. The molecule has 1 spiro atoms. The molecule has 5 heteroatoms. The summed E-state index contributed by atoms with van der Waals surface area (Å²) in [6, 6.07) is 73.0. The van der Waals surface area contributed by atoms with Crippen molar-refractivity contribution in [2.45, 2.75) is 5.41 Å². The van der Waals surface area contributed by atoms with Gasteiger partial charge in [-0.25, -0.2) is 4.98 Å². The minimum absolute atomic E-state index is 0.547. The van der Waals surface area contributed by atoms with E-state index in [1.165, 1.54) is 22.3 Å². The van der Waals surface area contributed by atoms with Gasteiger partial charge in [0, 0.05) is 38.4 Å². The molecule has 0 N–H and O–H groups in total. The van der Waals surface area contributed by atoms with E-state index in [1.54, 1.807) is 0 Å². The topological polar surface area (TPSA) is 52.8 Å². The average Bonchev–Trinajstić information content (AvgIpc) is 3.82. The second-order valence-electron chi connectivity index (χ2n) is 15.9. The zero-order chi connectivity index (χ0) is 40.1. The molecule has 0 saturated heterocycles. The molecule has 0 saturated carbocycles.